The van der Waals surface area contributed by atoms with Crippen LogP contribution in [-0.2, 0) is 12.3 Å². The summed E-state index contributed by atoms with van der Waals surface area (Å²) in [6.07, 6.45) is 6.54. The zero-order chi connectivity index (χ0) is 20.1. The molecule has 0 unspecified atom stereocenters. The number of para-hydroxylation sites is 1. The van der Waals surface area contributed by atoms with Gasteiger partial charge in [0.15, 0.2) is 5.76 Å². The van der Waals surface area contributed by atoms with Crippen molar-refractivity contribution in [3.63, 3.8) is 0 Å². The number of nitrogens with one attached hydrogen (secondary N) is 1. The summed E-state index contributed by atoms with van der Waals surface area (Å²) in [5, 5.41) is 4.74. The highest BCUT2D eigenvalue weighted by Gasteiger charge is 2.22. The fraction of sp³-hybridized carbons (Fsp3) is 0.375. The van der Waals surface area contributed by atoms with E-state index in [0.29, 0.717) is 17.6 Å². The number of furan rings is 1. The standard InChI is InChI=1S/C24H27NO3S/c1-27-18-13-11-17(12-14-18)15-25-24(26)23-21(16-29-19-7-3-2-4-8-19)20-9-5-6-10-22(20)28-23/h5-6,9-14,19H,2-4,7-8,15-16H2,1H3,(H,25,26). The number of benzene rings is 2. The topological polar surface area (TPSA) is 51.5 Å². The molecule has 1 fully saturated rings. The fourth-order valence-electron chi connectivity index (χ4n) is 3.86. The third-order valence-corrected chi connectivity index (χ3v) is 6.93. The second-order valence-corrected chi connectivity index (χ2v) is 8.80. The molecule has 1 saturated carbocycles. The summed E-state index contributed by atoms with van der Waals surface area (Å²) in [7, 11) is 1.64. The summed E-state index contributed by atoms with van der Waals surface area (Å²) in [6.45, 7) is 0.453. The van der Waals surface area contributed by atoms with Crippen molar-refractivity contribution in [2.75, 3.05) is 7.11 Å². The summed E-state index contributed by atoms with van der Waals surface area (Å²) in [5.74, 6) is 1.91. The predicted molar refractivity (Wildman–Crippen MR) is 119 cm³/mol. The number of thioether (sulfide) groups is 1. The molecule has 0 radical (unpaired) electrons. The Labute approximate surface area is 176 Å². The maximum Gasteiger partial charge on any atom is 0.287 e. The molecular formula is C24H27NO3S. The molecule has 0 atom stereocenters. The summed E-state index contributed by atoms with van der Waals surface area (Å²) >= 11 is 1.97. The molecule has 1 aliphatic carbocycles. The van der Waals surface area contributed by atoms with Gasteiger partial charge in [-0.3, -0.25) is 4.79 Å². The lowest BCUT2D eigenvalue weighted by Crippen LogP contribution is -2.23. The first-order valence-corrected chi connectivity index (χ1v) is 11.3. The Bertz CT molecular complexity index is 958. The van der Waals surface area contributed by atoms with E-state index in [2.05, 4.69) is 11.4 Å². The number of hydrogen-bond acceptors (Lipinski definition) is 4. The molecule has 1 aromatic heterocycles. The van der Waals surface area contributed by atoms with Crippen LogP contribution in [0.1, 0.15) is 53.8 Å². The lowest BCUT2D eigenvalue weighted by atomic mass is 10.0. The number of fused-ring (bicyclic) bond motifs is 1. The van der Waals surface area contributed by atoms with Crippen LogP contribution in [0.2, 0.25) is 0 Å². The normalized spacial score (nSPS) is 14.8. The molecule has 1 aliphatic rings. The van der Waals surface area contributed by atoms with Gasteiger partial charge >= 0.3 is 0 Å². The molecule has 4 nitrogen and oxygen atoms in total. The van der Waals surface area contributed by atoms with Gasteiger partial charge in [-0.15, -0.1) is 0 Å². The van der Waals surface area contributed by atoms with E-state index < -0.39 is 0 Å². The van der Waals surface area contributed by atoms with Gasteiger partial charge in [0.05, 0.1) is 7.11 Å². The second-order valence-electron chi connectivity index (χ2n) is 7.51. The fourth-order valence-corrected chi connectivity index (χ4v) is 5.22. The van der Waals surface area contributed by atoms with Crippen molar-refractivity contribution in [1.82, 2.24) is 5.32 Å². The minimum Gasteiger partial charge on any atom is -0.497 e. The van der Waals surface area contributed by atoms with Gasteiger partial charge in [0.25, 0.3) is 5.91 Å². The molecule has 4 rings (SSSR count). The van der Waals surface area contributed by atoms with Gasteiger partial charge < -0.3 is 14.5 Å². The molecule has 1 amide bonds. The first-order valence-electron chi connectivity index (χ1n) is 10.3. The van der Waals surface area contributed by atoms with Crippen molar-refractivity contribution in [3.05, 3.63) is 65.4 Å². The van der Waals surface area contributed by atoms with Gasteiger partial charge in [0.1, 0.15) is 11.3 Å². The number of hydrogen-bond donors (Lipinski definition) is 1. The summed E-state index contributed by atoms with van der Waals surface area (Å²) in [4.78, 5) is 12.9. The first kappa shape index (κ1) is 19.9. The Hall–Kier alpha value is -2.40. The molecule has 3 aromatic rings. The van der Waals surface area contributed by atoms with Crippen molar-refractivity contribution in [2.24, 2.45) is 0 Å². The quantitative estimate of drug-likeness (QED) is 0.525. The second kappa shape index (κ2) is 9.40. The lowest BCUT2D eigenvalue weighted by Gasteiger charge is -2.20. The van der Waals surface area contributed by atoms with E-state index >= 15 is 0 Å². The third-order valence-electron chi connectivity index (χ3n) is 5.53. The van der Waals surface area contributed by atoms with Crippen molar-refractivity contribution in [3.8, 4) is 5.75 Å². The van der Waals surface area contributed by atoms with Gasteiger partial charge in [-0.25, -0.2) is 0 Å². The number of carbonyl (C=O) groups is 1. The molecule has 2 aromatic carbocycles. The molecule has 1 heterocycles. The molecule has 0 bridgehead atoms. The van der Waals surface area contributed by atoms with Crippen LogP contribution in [0.3, 0.4) is 0 Å². The largest absolute Gasteiger partial charge is 0.497 e. The zero-order valence-electron chi connectivity index (χ0n) is 16.8. The van der Waals surface area contributed by atoms with Gasteiger partial charge in [0, 0.05) is 28.5 Å². The molecule has 29 heavy (non-hydrogen) atoms. The minimum absolute atomic E-state index is 0.156. The maximum atomic E-state index is 12.9. The van der Waals surface area contributed by atoms with E-state index in [9.17, 15) is 4.79 Å². The van der Waals surface area contributed by atoms with Gasteiger partial charge in [0.2, 0.25) is 0 Å². The Balaban J connectivity index is 1.49. The van der Waals surface area contributed by atoms with Crippen LogP contribution in [0.5, 0.6) is 5.75 Å². The Morgan fingerprint density at radius 3 is 2.62 bits per heavy atom. The molecule has 0 saturated heterocycles. The van der Waals surface area contributed by atoms with E-state index in [4.69, 9.17) is 9.15 Å². The summed E-state index contributed by atoms with van der Waals surface area (Å²) in [5.41, 5.74) is 2.82. The van der Waals surface area contributed by atoms with Crippen LogP contribution in [0.25, 0.3) is 11.0 Å². The number of methoxy groups -OCH3 is 1. The van der Waals surface area contributed by atoms with Gasteiger partial charge in [-0.1, -0.05) is 49.6 Å². The number of rotatable bonds is 7. The van der Waals surface area contributed by atoms with Crippen LogP contribution in [-0.4, -0.2) is 18.3 Å². The number of carbonyl (C=O) groups excluding carboxylic acids is 1. The van der Waals surface area contributed by atoms with E-state index in [1.165, 1.54) is 32.1 Å². The zero-order valence-corrected chi connectivity index (χ0v) is 17.6. The van der Waals surface area contributed by atoms with Gasteiger partial charge in [-0.2, -0.15) is 11.8 Å². The highest BCUT2D eigenvalue weighted by Crippen LogP contribution is 2.35. The number of ether oxygens (including phenoxy) is 1. The average molecular weight is 410 g/mol. The summed E-state index contributed by atoms with van der Waals surface area (Å²) < 4.78 is 11.2. The van der Waals surface area contributed by atoms with Crippen molar-refractivity contribution >= 4 is 28.6 Å². The highest BCUT2D eigenvalue weighted by atomic mass is 32.2. The minimum atomic E-state index is -0.156. The molecular weight excluding hydrogens is 382 g/mol. The van der Waals surface area contributed by atoms with Crippen molar-refractivity contribution in [1.29, 1.82) is 0 Å². The molecule has 5 heteroatoms. The number of amides is 1. The molecule has 152 valence electrons. The Morgan fingerprint density at radius 1 is 1.10 bits per heavy atom. The van der Waals surface area contributed by atoms with Crippen LogP contribution in [0, 0.1) is 0 Å². The van der Waals surface area contributed by atoms with E-state index in [1.54, 1.807) is 7.11 Å². The van der Waals surface area contributed by atoms with Crippen LogP contribution < -0.4 is 10.1 Å². The predicted octanol–water partition coefficient (Wildman–Crippen LogP) is 5.94. The first-order chi connectivity index (χ1) is 14.2. The van der Waals surface area contributed by atoms with E-state index in [0.717, 1.165) is 33.6 Å². The van der Waals surface area contributed by atoms with Crippen LogP contribution >= 0.6 is 11.8 Å². The van der Waals surface area contributed by atoms with Crippen molar-refractivity contribution < 1.29 is 13.9 Å². The molecule has 0 spiro atoms. The maximum absolute atomic E-state index is 12.9. The SMILES string of the molecule is COc1ccc(CNC(=O)c2oc3ccccc3c2CSC2CCCCC2)cc1. The average Bonchev–Trinajstić information content (AvgIpc) is 3.16. The van der Waals surface area contributed by atoms with Crippen molar-refractivity contribution in [2.45, 2.75) is 49.7 Å². The Kier molecular flexibility index (Phi) is 6.45. The molecule has 1 N–H and O–H groups in total. The van der Waals surface area contributed by atoms with Crippen LogP contribution in [0.15, 0.2) is 52.9 Å². The summed E-state index contributed by atoms with van der Waals surface area (Å²) in [6, 6.07) is 15.6. The Morgan fingerprint density at radius 2 is 1.86 bits per heavy atom. The smallest absolute Gasteiger partial charge is 0.287 e. The van der Waals surface area contributed by atoms with Gasteiger partial charge in [-0.05, 0) is 36.6 Å². The highest BCUT2D eigenvalue weighted by molar-refractivity contribution is 7.99. The van der Waals surface area contributed by atoms with E-state index in [1.807, 2.05) is 54.2 Å². The van der Waals surface area contributed by atoms with E-state index in [-0.39, 0.29) is 5.91 Å². The third kappa shape index (κ3) is 4.78. The molecule has 0 aliphatic heterocycles. The monoisotopic (exact) mass is 409 g/mol. The lowest BCUT2D eigenvalue weighted by molar-refractivity contribution is 0.0924. The van der Waals surface area contributed by atoms with Crippen LogP contribution in [0.4, 0.5) is 0 Å².